The number of carbonyl (C=O) groups excluding carboxylic acids is 1. The van der Waals surface area contributed by atoms with E-state index in [0.29, 0.717) is 6.54 Å². The van der Waals surface area contributed by atoms with Gasteiger partial charge in [0.15, 0.2) is 0 Å². The Labute approximate surface area is 96.1 Å². The van der Waals surface area contributed by atoms with Crippen molar-refractivity contribution in [3.05, 3.63) is 12.7 Å². The summed E-state index contributed by atoms with van der Waals surface area (Å²) in [6.45, 7) is 9.38. The van der Waals surface area contributed by atoms with Crippen LogP contribution in [0.25, 0.3) is 0 Å². The average Bonchev–Trinajstić information content (AvgIpc) is 2.17. The van der Waals surface area contributed by atoms with Gasteiger partial charge in [-0.25, -0.2) is 4.79 Å². The van der Waals surface area contributed by atoms with Gasteiger partial charge in [0, 0.05) is 18.6 Å². The molecule has 0 aliphatic rings. The minimum atomic E-state index is -0.907. The van der Waals surface area contributed by atoms with Gasteiger partial charge in [-0.3, -0.25) is 4.79 Å². The molecule has 0 fully saturated rings. The second-order valence-corrected chi connectivity index (χ2v) is 3.71. The molecule has 0 rings (SSSR count). The van der Waals surface area contributed by atoms with Crippen LogP contribution < -0.4 is 5.32 Å². The number of carboxylic acid groups (broad SMARTS) is 1. The van der Waals surface area contributed by atoms with Gasteiger partial charge in [-0.05, 0) is 20.8 Å². The normalized spacial score (nSPS) is 13.7. The van der Waals surface area contributed by atoms with E-state index in [4.69, 9.17) is 5.11 Å². The largest absolute Gasteiger partial charge is 0.481 e. The lowest BCUT2D eigenvalue weighted by atomic mass is 10.2. The molecule has 2 N–H and O–H groups in total. The van der Waals surface area contributed by atoms with Crippen LogP contribution >= 0.6 is 0 Å². The summed E-state index contributed by atoms with van der Waals surface area (Å²) in [5.74, 6) is -0.907. The predicted molar refractivity (Wildman–Crippen MR) is 62.3 cm³/mol. The highest BCUT2D eigenvalue weighted by Crippen LogP contribution is 2.04. The van der Waals surface area contributed by atoms with Gasteiger partial charge in [0.2, 0.25) is 0 Å². The summed E-state index contributed by atoms with van der Waals surface area (Å²) in [5.41, 5.74) is 0. The number of nitrogens with one attached hydrogen (secondary N) is 1. The second kappa shape index (κ2) is 6.87. The molecule has 0 radical (unpaired) electrons. The van der Waals surface area contributed by atoms with E-state index in [1.54, 1.807) is 19.9 Å². The van der Waals surface area contributed by atoms with Crippen molar-refractivity contribution >= 4 is 12.0 Å². The van der Waals surface area contributed by atoms with E-state index in [1.165, 1.54) is 4.90 Å². The molecule has 0 aromatic rings. The van der Waals surface area contributed by atoms with Crippen molar-refractivity contribution in [2.75, 3.05) is 6.54 Å². The van der Waals surface area contributed by atoms with Crippen LogP contribution in [0.5, 0.6) is 0 Å². The lowest BCUT2D eigenvalue weighted by molar-refractivity contribution is -0.138. The zero-order valence-electron chi connectivity index (χ0n) is 10.1. The Balaban J connectivity index is 4.41. The quantitative estimate of drug-likeness (QED) is 0.676. The fourth-order valence-corrected chi connectivity index (χ4v) is 1.35. The van der Waals surface area contributed by atoms with Gasteiger partial charge < -0.3 is 15.3 Å². The Morgan fingerprint density at radius 1 is 1.50 bits per heavy atom. The molecule has 2 unspecified atom stereocenters. The van der Waals surface area contributed by atoms with Crippen LogP contribution in [0.1, 0.15) is 27.2 Å². The summed E-state index contributed by atoms with van der Waals surface area (Å²) in [4.78, 5) is 23.8. The van der Waals surface area contributed by atoms with Gasteiger partial charge in [-0.15, -0.1) is 6.58 Å². The van der Waals surface area contributed by atoms with Crippen molar-refractivity contribution in [1.82, 2.24) is 10.2 Å². The van der Waals surface area contributed by atoms with E-state index in [-0.39, 0.29) is 24.5 Å². The molecule has 16 heavy (non-hydrogen) atoms. The first-order chi connectivity index (χ1) is 7.42. The molecule has 0 spiro atoms. The maximum atomic E-state index is 11.7. The third-order valence-electron chi connectivity index (χ3n) is 2.31. The zero-order valence-corrected chi connectivity index (χ0v) is 10.1. The van der Waals surface area contributed by atoms with Crippen molar-refractivity contribution in [2.45, 2.75) is 39.3 Å². The highest BCUT2D eigenvalue weighted by atomic mass is 16.4. The Kier molecular flexibility index (Phi) is 6.22. The molecule has 0 saturated carbocycles. The number of rotatable bonds is 6. The van der Waals surface area contributed by atoms with Gasteiger partial charge in [0.1, 0.15) is 0 Å². The number of carbonyl (C=O) groups is 2. The molecule has 0 aromatic carbocycles. The summed E-state index contributed by atoms with van der Waals surface area (Å²) < 4.78 is 0. The van der Waals surface area contributed by atoms with Gasteiger partial charge in [0.25, 0.3) is 0 Å². The summed E-state index contributed by atoms with van der Waals surface area (Å²) >= 11 is 0. The minimum Gasteiger partial charge on any atom is -0.481 e. The average molecular weight is 228 g/mol. The number of nitrogens with zero attached hydrogens (tertiary/aromatic N) is 1. The Morgan fingerprint density at radius 3 is 2.44 bits per heavy atom. The predicted octanol–water partition coefficient (Wildman–Crippen LogP) is 1.46. The fraction of sp³-hybridized carbons (Fsp3) is 0.636. The van der Waals surface area contributed by atoms with Gasteiger partial charge in [0.05, 0.1) is 6.42 Å². The van der Waals surface area contributed by atoms with Crippen LogP contribution in [0, 0.1) is 0 Å². The number of aliphatic carboxylic acids is 1. The molecule has 5 heteroatoms. The Morgan fingerprint density at radius 2 is 2.06 bits per heavy atom. The summed E-state index contributed by atoms with van der Waals surface area (Å²) in [7, 11) is 0. The summed E-state index contributed by atoms with van der Waals surface area (Å²) in [5, 5.41) is 11.4. The molecule has 0 aromatic heterocycles. The second-order valence-electron chi connectivity index (χ2n) is 3.71. The monoisotopic (exact) mass is 228 g/mol. The fourth-order valence-electron chi connectivity index (χ4n) is 1.35. The molecule has 0 saturated heterocycles. The van der Waals surface area contributed by atoms with Gasteiger partial charge in [-0.2, -0.15) is 0 Å². The Hall–Kier alpha value is -1.52. The van der Waals surface area contributed by atoms with Crippen LogP contribution in [0.3, 0.4) is 0 Å². The molecule has 0 bridgehead atoms. The third-order valence-corrected chi connectivity index (χ3v) is 2.31. The maximum Gasteiger partial charge on any atom is 0.318 e. The van der Waals surface area contributed by atoms with Crippen LogP contribution in [-0.2, 0) is 4.79 Å². The lowest BCUT2D eigenvalue weighted by Gasteiger charge is -2.28. The lowest BCUT2D eigenvalue weighted by Crippen LogP contribution is -2.47. The molecule has 5 nitrogen and oxygen atoms in total. The molecule has 92 valence electrons. The van der Waals surface area contributed by atoms with E-state index in [2.05, 4.69) is 11.9 Å². The van der Waals surface area contributed by atoms with E-state index in [0.717, 1.165) is 0 Å². The third kappa shape index (κ3) is 4.82. The molecule has 0 aliphatic carbocycles. The van der Waals surface area contributed by atoms with E-state index in [9.17, 15) is 9.59 Å². The minimum absolute atomic E-state index is 0.0519. The maximum absolute atomic E-state index is 11.7. The Bertz CT molecular complexity index is 266. The van der Waals surface area contributed by atoms with Crippen LogP contribution in [0.15, 0.2) is 12.7 Å². The zero-order chi connectivity index (χ0) is 12.7. The molecular weight excluding hydrogens is 208 g/mol. The molecule has 0 heterocycles. The number of hydrogen-bond donors (Lipinski definition) is 2. The van der Waals surface area contributed by atoms with Crippen molar-refractivity contribution in [3.63, 3.8) is 0 Å². The first kappa shape index (κ1) is 14.5. The van der Waals surface area contributed by atoms with Crippen LogP contribution in [-0.4, -0.2) is 40.6 Å². The topological polar surface area (TPSA) is 69.6 Å². The molecule has 2 atom stereocenters. The van der Waals surface area contributed by atoms with Crippen molar-refractivity contribution < 1.29 is 14.7 Å². The molecular formula is C11H20N2O3. The van der Waals surface area contributed by atoms with Crippen molar-refractivity contribution in [1.29, 1.82) is 0 Å². The highest BCUT2D eigenvalue weighted by Gasteiger charge is 2.20. The smallest absolute Gasteiger partial charge is 0.318 e. The van der Waals surface area contributed by atoms with Crippen LogP contribution in [0.4, 0.5) is 4.79 Å². The van der Waals surface area contributed by atoms with Gasteiger partial charge >= 0.3 is 12.0 Å². The van der Waals surface area contributed by atoms with Crippen LogP contribution in [0.2, 0.25) is 0 Å². The summed E-state index contributed by atoms with van der Waals surface area (Å²) in [6.07, 6.45) is 1.57. The SMILES string of the molecule is C=CC(C)NC(=O)N(CC)C(C)CC(=O)O. The first-order valence-electron chi connectivity index (χ1n) is 5.33. The van der Waals surface area contributed by atoms with Crippen molar-refractivity contribution in [2.24, 2.45) is 0 Å². The van der Waals surface area contributed by atoms with E-state index >= 15 is 0 Å². The molecule has 2 amide bonds. The number of amides is 2. The number of urea groups is 1. The number of carboxylic acids is 1. The first-order valence-corrected chi connectivity index (χ1v) is 5.33. The molecule has 0 aliphatic heterocycles. The highest BCUT2D eigenvalue weighted by molar-refractivity contribution is 5.76. The number of hydrogen-bond acceptors (Lipinski definition) is 2. The van der Waals surface area contributed by atoms with Gasteiger partial charge in [-0.1, -0.05) is 6.08 Å². The standard InChI is InChI=1S/C11H20N2O3/c1-5-8(3)12-11(16)13(6-2)9(4)7-10(14)15/h5,8-9H,1,6-7H2,2-4H3,(H,12,16)(H,14,15). The van der Waals surface area contributed by atoms with E-state index in [1.807, 2.05) is 6.92 Å². The van der Waals surface area contributed by atoms with E-state index < -0.39 is 5.97 Å². The van der Waals surface area contributed by atoms with Crippen molar-refractivity contribution in [3.8, 4) is 0 Å². The summed E-state index contributed by atoms with van der Waals surface area (Å²) in [6, 6.07) is -0.707.